The molecule has 0 aliphatic carbocycles. The van der Waals surface area contributed by atoms with Gasteiger partial charge in [-0.25, -0.2) is 12.7 Å². The normalized spacial score (nSPS) is 12.6. The Balaban J connectivity index is 1.60. The van der Waals surface area contributed by atoms with Gasteiger partial charge in [0.25, 0.3) is 5.91 Å². The summed E-state index contributed by atoms with van der Waals surface area (Å²) in [5.41, 5.74) is 2.14. The first-order valence-corrected chi connectivity index (χ1v) is 12.8. The molecular weight excluding hydrogens is 472 g/mol. The number of aromatic nitrogens is 1. The van der Waals surface area contributed by atoms with Gasteiger partial charge in [0.05, 0.1) is 9.77 Å². The zero-order chi connectivity index (χ0) is 24.3. The predicted octanol–water partition coefficient (Wildman–Crippen LogP) is 3.46. The minimum absolute atomic E-state index is 0.0612. The summed E-state index contributed by atoms with van der Waals surface area (Å²) >= 11 is 1.29. The monoisotopic (exact) mass is 496 g/mol. The van der Waals surface area contributed by atoms with Crippen LogP contribution in [0.3, 0.4) is 0 Å². The highest BCUT2D eigenvalue weighted by molar-refractivity contribution is 7.89. The molecule has 0 spiro atoms. The first kappa shape index (κ1) is 23.7. The second-order valence-electron chi connectivity index (χ2n) is 7.87. The lowest BCUT2D eigenvalue weighted by atomic mass is 10.0. The summed E-state index contributed by atoms with van der Waals surface area (Å²) in [7, 11) is -0.775. The molecule has 0 radical (unpaired) electrons. The summed E-state index contributed by atoms with van der Waals surface area (Å²) in [6, 6.07) is 16.3. The molecule has 4 rings (SSSR count). The van der Waals surface area contributed by atoms with Crippen molar-refractivity contribution in [2.45, 2.75) is 17.4 Å². The van der Waals surface area contributed by atoms with E-state index in [9.17, 15) is 18.0 Å². The fourth-order valence-electron chi connectivity index (χ4n) is 3.54. The first-order chi connectivity index (χ1) is 16.3. The maximum absolute atomic E-state index is 13.3. The summed E-state index contributed by atoms with van der Waals surface area (Å²) in [6.07, 6.45) is 2.08. The molecule has 0 fully saturated rings. The first-order valence-electron chi connectivity index (χ1n) is 10.5. The van der Waals surface area contributed by atoms with Gasteiger partial charge in [0, 0.05) is 43.3 Å². The van der Waals surface area contributed by atoms with Gasteiger partial charge in [-0.05, 0) is 41.3 Å². The largest absolute Gasteiger partial charge is 0.361 e. The topological polar surface area (TPSA) is 111 Å². The average molecular weight is 497 g/mol. The van der Waals surface area contributed by atoms with Gasteiger partial charge in [0.2, 0.25) is 15.9 Å². The van der Waals surface area contributed by atoms with Crippen molar-refractivity contribution in [3.63, 3.8) is 0 Å². The number of benzene rings is 2. The number of nitrogens with zero attached hydrogens (tertiary/aromatic N) is 1. The average Bonchev–Trinajstić information content (AvgIpc) is 3.49. The van der Waals surface area contributed by atoms with Crippen molar-refractivity contribution in [3.8, 4) is 0 Å². The summed E-state index contributed by atoms with van der Waals surface area (Å²) in [4.78, 5) is 29.8. The van der Waals surface area contributed by atoms with E-state index in [2.05, 4.69) is 15.6 Å². The molecule has 0 saturated carbocycles. The van der Waals surface area contributed by atoms with Crippen LogP contribution >= 0.6 is 11.3 Å². The smallest absolute Gasteiger partial charge is 0.262 e. The molecule has 10 heteroatoms. The summed E-state index contributed by atoms with van der Waals surface area (Å²) in [5.74, 6) is -0.798. The number of para-hydroxylation sites is 1. The number of carbonyl (C=O) groups excluding carboxylic acids is 2. The van der Waals surface area contributed by atoms with E-state index in [-0.39, 0.29) is 17.2 Å². The van der Waals surface area contributed by atoms with Gasteiger partial charge in [-0.15, -0.1) is 11.3 Å². The number of hydrogen-bond acceptors (Lipinski definition) is 5. The van der Waals surface area contributed by atoms with Gasteiger partial charge >= 0.3 is 0 Å². The number of sulfonamides is 1. The van der Waals surface area contributed by atoms with Crippen molar-refractivity contribution in [1.29, 1.82) is 0 Å². The Labute approximate surface area is 201 Å². The van der Waals surface area contributed by atoms with Crippen molar-refractivity contribution < 1.29 is 18.0 Å². The predicted molar refractivity (Wildman–Crippen MR) is 134 cm³/mol. The van der Waals surface area contributed by atoms with E-state index in [1.54, 1.807) is 29.6 Å². The van der Waals surface area contributed by atoms with Crippen LogP contribution in [0.25, 0.3) is 10.9 Å². The number of nitrogens with one attached hydrogen (secondary N) is 3. The number of fused-ring (bicyclic) bond motifs is 1. The van der Waals surface area contributed by atoms with Crippen molar-refractivity contribution >= 4 is 49.8 Å². The van der Waals surface area contributed by atoms with Crippen molar-refractivity contribution in [2.24, 2.45) is 0 Å². The number of aromatic amines is 1. The molecule has 2 amide bonds. The Morgan fingerprint density at radius 3 is 2.59 bits per heavy atom. The number of rotatable bonds is 8. The Kier molecular flexibility index (Phi) is 6.82. The molecular formula is C24H24N4O4S2. The number of anilines is 1. The van der Waals surface area contributed by atoms with E-state index in [1.807, 2.05) is 30.5 Å². The molecule has 8 nitrogen and oxygen atoms in total. The van der Waals surface area contributed by atoms with Gasteiger partial charge < -0.3 is 15.6 Å². The highest BCUT2D eigenvalue weighted by atomic mass is 32.2. The molecule has 0 aliphatic rings. The molecule has 0 saturated heterocycles. The standard InChI is InChI=1S/C24H24N4O4S2/c1-28(2)34(31,32)18-8-5-7-17(14-18)26-23(29)21(27-24(30)22-11-6-12-33-22)13-16-15-25-20-10-4-3-9-19(16)20/h3-12,14-15,21,25H,13H2,1-2H3,(H,26,29)(H,27,30)/t21-/m0/s1. The van der Waals surface area contributed by atoms with Crippen LogP contribution < -0.4 is 10.6 Å². The molecule has 2 aromatic carbocycles. The third-order valence-corrected chi connectivity index (χ3v) is 8.03. The second-order valence-corrected chi connectivity index (χ2v) is 11.0. The minimum Gasteiger partial charge on any atom is -0.361 e. The third kappa shape index (κ3) is 5.04. The second kappa shape index (κ2) is 9.80. The van der Waals surface area contributed by atoms with Crippen LogP contribution in [0.2, 0.25) is 0 Å². The van der Waals surface area contributed by atoms with Gasteiger partial charge in [0.15, 0.2) is 0 Å². The fourth-order valence-corrected chi connectivity index (χ4v) is 5.12. The van der Waals surface area contributed by atoms with E-state index >= 15 is 0 Å². The van der Waals surface area contributed by atoms with Gasteiger partial charge in [-0.2, -0.15) is 0 Å². The Morgan fingerprint density at radius 2 is 1.85 bits per heavy atom. The van der Waals surface area contributed by atoms with Crippen molar-refractivity contribution in [1.82, 2.24) is 14.6 Å². The highest BCUT2D eigenvalue weighted by Crippen LogP contribution is 2.21. The lowest BCUT2D eigenvalue weighted by Gasteiger charge is -2.19. The number of thiophene rings is 1. The van der Waals surface area contributed by atoms with Crippen molar-refractivity contribution in [2.75, 3.05) is 19.4 Å². The number of H-pyrrole nitrogens is 1. The quantitative estimate of drug-likeness (QED) is 0.347. The number of hydrogen-bond donors (Lipinski definition) is 3. The van der Waals surface area contributed by atoms with Crippen LogP contribution in [0, 0.1) is 0 Å². The third-order valence-electron chi connectivity index (χ3n) is 5.35. The highest BCUT2D eigenvalue weighted by Gasteiger charge is 2.25. The molecule has 2 heterocycles. The Morgan fingerprint density at radius 1 is 1.06 bits per heavy atom. The molecule has 176 valence electrons. The molecule has 0 bridgehead atoms. The molecule has 4 aromatic rings. The lowest BCUT2D eigenvalue weighted by Crippen LogP contribution is -2.45. The Bertz CT molecular complexity index is 1430. The number of amides is 2. The number of carbonyl (C=O) groups is 2. The van der Waals surface area contributed by atoms with Crippen LogP contribution in [-0.2, 0) is 21.2 Å². The molecule has 3 N–H and O–H groups in total. The van der Waals surface area contributed by atoms with Crippen LogP contribution in [0.15, 0.2) is 77.1 Å². The fraction of sp³-hybridized carbons (Fsp3) is 0.167. The Hall–Kier alpha value is -3.47. The van der Waals surface area contributed by atoms with Crippen LogP contribution in [0.5, 0.6) is 0 Å². The summed E-state index contributed by atoms with van der Waals surface area (Å²) < 4.78 is 26.0. The van der Waals surface area contributed by atoms with E-state index in [1.165, 1.54) is 37.6 Å². The SMILES string of the molecule is CN(C)S(=O)(=O)c1cccc(NC(=O)[C@H](Cc2c[nH]c3ccccc23)NC(=O)c2cccs2)c1. The van der Waals surface area contributed by atoms with E-state index in [0.717, 1.165) is 20.8 Å². The van der Waals surface area contributed by atoms with E-state index in [4.69, 9.17) is 0 Å². The van der Waals surface area contributed by atoms with E-state index in [0.29, 0.717) is 10.6 Å². The zero-order valence-electron chi connectivity index (χ0n) is 18.6. The maximum Gasteiger partial charge on any atom is 0.262 e. The van der Waals surface area contributed by atoms with Gasteiger partial charge in [-0.3, -0.25) is 9.59 Å². The summed E-state index contributed by atoms with van der Waals surface area (Å²) in [6.45, 7) is 0. The van der Waals surface area contributed by atoms with Crippen LogP contribution in [0.4, 0.5) is 5.69 Å². The summed E-state index contributed by atoms with van der Waals surface area (Å²) in [5, 5.41) is 8.34. The molecule has 1 atom stereocenters. The maximum atomic E-state index is 13.3. The van der Waals surface area contributed by atoms with Crippen LogP contribution in [0.1, 0.15) is 15.2 Å². The van der Waals surface area contributed by atoms with Gasteiger partial charge in [0.1, 0.15) is 6.04 Å². The molecule has 34 heavy (non-hydrogen) atoms. The van der Waals surface area contributed by atoms with E-state index < -0.39 is 22.0 Å². The van der Waals surface area contributed by atoms with Crippen LogP contribution in [-0.4, -0.2) is 49.7 Å². The minimum atomic E-state index is -3.66. The zero-order valence-corrected chi connectivity index (χ0v) is 20.2. The van der Waals surface area contributed by atoms with Gasteiger partial charge in [-0.1, -0.05) is 30.3 Å². The molecule has 0 aliphatic heterocycles. The van der Waals surface area contributed by atoms with Crippen molar-refractivity contribution in [3.05, 3.63) is 82.7 Å². The lowest BCUT2D eigenvalue weighted by molar-refractivity contribution is -0.118. The molecule has 0 unspecified atom stereocenters. The molecule has 2 aromatic heterocycles.